The molecule has 160 valence electrons. The Labute approximate surface area is 173 Å². The monoisotopic (exact) mass is 402 g/mol. The number of hydrogen-bond donors (Lipinski definition) is 2. The average Bonchev–Trinajstić information content (AvgIpc) is 2.68. The van der Waals surface area contributed by atoms with Gasteiger partial charge in [-0.1, -0.05) is 20.8 Å². The molecule has 0 heterocycles. The molecule has 0 bridgehead atoms. The predicted molar refractivity (Wildman–Crippen MR) is 114 cm³/mol. The fourth-order valence-corrected chi connectivity index (χ4v) is 3.65. The van der Waals surface area contributed by atoms with Crippen LogP contribution in [-0.2, 0) is 14.3 Å². The van der Waals surface area contributed by atoms with Crippen molar-refractivity contribution < 1.29 is 19.1 Å². The number of hydrogen-bond acceptors (Lipinski definition) is 4. The number of amides is 2. The number of ether oxygens (including phenoxy) is 1. The van der Waals surface area contributed by atoms with Crippen LogP contribution in [0.25, 0.3) is 0 Å². The summed E-state index contributed by atoms with van der Waals surface area (Å²) in [5.41, 5.74) is 1.01. The van der Waals surface area contributed by atoms with E-state index in [-0.39, 0.29) is 23.7 Å². The summed E-state index contributed by atoms with van der Waals surface area (Å²) in [4.78, 5) is 37.3. The van der Waals surface area contributed by atoms with Crippen LogP contribution >= 0.6 is 0 Å². The summed E-state index contributed by atoms with van der Waals surface area (Å²) in [6, 6.07) is 5.99. The Morgan fingerprint density at radius 3 is 2.24 bits per heavy atom. The standard InChI is InChI=1S/C23H34N2O4/c1-5-29-23(28)18-10-12-19(13-11-18)24-22(27)20(14-15(2)3)25-21(26)17-8-6-16(4)7-9-17/h10-13,15-17,20H,5-9,14H2,1-4H3,(H,24,27)(H,25,26)/t16?,17?,20-/m1/s1. The van der Waals surface area contributed by atoms with E-state index in [0.29, 0.717) is 30.2 Å². The second-order valence-corrected chi connectivity index (χ2v) is 8.43. The zero-order valence-corrected chi connectivity index (χ0v) is 18.0. The molecule has 0 aliphatic heterocycles. The fourth-order valence-electron chi connectivity index (χ4n) is 3.65. The summed E-state index contributed by atoms with van der Waals surface area (Å²) >= 11 is 0. The van der Waals surface area contributed by atoms with E-state index in [9.17, 15) is 14.4 Å². The van der Waals surface area contributed by atoms with Crippen molar-refractivity contribution in [2.45, 2.75) is 65.8 Å². The van der Waals surface area contributed by atoms with E-state index in [1.807, 2.05) is 13.8 Å². The summed E-state index contributed by atoms with van der Waals surface area (Å²) in [6.45, 7) is 8.35. The van der Waals surface area contributed by atoms with E-state index >= 15 is 0 Å². The molecule has 6 heteroatoms. The van der Waals surface area contributed by atoms with E-state index in [2.05, 4.69) is 17.6 Å². The van der Waals surface area contributed by atoms with Gasteiger partial charge in [0.05, 0.1) is 12.2 Å². The Morgan fingerprint density at radius 1 is 1.07 bits per heavy atom. The molecule has 2 amide bonds. The first-order chi connectivity index (χ1) is 13.8. The molecule has 1 aliphatic carbocycles. The molecule has 2 N–H and O–H groups in total. The van der Waals surface area contributed by atoms with Crippen LogP contribution in [0.4, 0.5) is 5.69 Å². The van der Waals surface area contributed by atoms with E-state index in [4.69, 9.17) is 4.74 Å². The Balaban J connectivity index is 1.99. The van der Waals surface area contributed by atoms with Crippen LogP contribution < -0.4 is 10.6 Å². The zero-order chi connectivity index (χ0) is 21.4. The third-order valence-electron chi connectivity index (χ3n) is 5.39. The van der Waals surface area contributed by atoms with E-state index in [0.717, 1.165) is 25.7 Å². The molecule has 0 spiro atoms. The van der Waals surface area contributed by atoms with Crippen LogP contribution in [0.5, 0.6) is 0 Å². The Kier molecular flexibility index (Phi) is 8.68. The fraction of sp³-hybridized carbons (Fsp3) is 0.609. The lowest BCUT2D eigenvalue weighted by atomic mass is 9.82. The lowest BCUT2D eigenvalue weighted by Gasteiger charge is -2.28. The minimum atomic E-state index is -0.577. The van der Waals surface area contributed by atoms with Crippen molar-refractivity contribution in [2.75, 3.05) is 11.9 Å². The highest BCUT2D eigenvalue weighted by molar-refractivity contribution is 5.98. The van der Waals surface area contributed by atoms with Gasteiger partial charge in [-0.05, 0) is 75.1 Å². The van der Waals surface area contributed by atoms with Gasteiger partial charge in [0.2, 0.25) is 11.8 Å². The van der Waals surface area contributed by atoms with E-state index < -0.39 is 12.0 Å². The molecule has 0 aromatic heterocycles. The first-order valence-corrected chi connectivity index (χ1v) is 10.7. The van der Waals surface area contributed by atoms with Crippen molar-refractivity contribution in [1.29, 1.82) is 0 Å². The molecular formula is C23H34N2O4. The van der Waals surface area contributed by atoms with Gasteiger partial charge in [0, 0.05) is 11.6 Å². The predicted octanol–water partition coefficient (Wildman–Crippen LogP) is 4.16. The highest BCUT2D eigenvalue weighted by atomic mass is 16.5. The van der Waals surface area contributed by atoms with Crippen molar-refractivity contribution in [2.24, 2.45) is 17.8 Å². The molecule has 6 nitrogen and oxygen atoms in total. The Hall–Kier alpha value is -2.37. The van der Waals surface area contributed by atoms with Crippen molar-refractivity contribution >= 4 is 23.5 Å². The topological polar surface area (TPSA) is 84.5 Å². The molecule has 0 radical (unpaired) electrons. The molecular weight excluding hydrogens is 368 g/mol. The summed E-state index contributed by atoms with van der Waals surface area (Å²) in [6.07, 6.45) is 4.47. The third kappa shape index (κ3) is 7.18. The van der Waals surface area contributed by atoms with Crippen LogP contribution in [0.1, 0.15) is 70.2 Å². The van der Waals surface area contributed by atoms with Crippen LogP contribution in [0.2, 0.25) is 0 Å². The summed E-state index contributed by atoms with van der Waals surface area (Å²) < 4.78 is 4.97. The lowest BCUT2D eigenvalue weighted by Crippen LogP contribution is -2.47. The number of rotatable bonds is 8. The van der Waals surface area contributed by atoms with Gasteiger partial charge in [-0.15, -0.1) is 0 Å². The quantitative estimate of drug-likeness (QED) is 0.640. The summed E-state index contributed by atoms with van der Waals surface area (Å²) in [7, 11) is 0. The maximum Gasteiger partial charge on any atom is 0.338 e. The zero-order valence-electron chi connectivity index (χ0n) is 18.0. The summed E-state index contributed by atoms with van der Waals surface area (Å²) in [5, 5.41) is 5.83. The van der Waals surface area contributed by atoms with Crippen LogP contribution in [0, 0.1) is 17.8 Å². The molecule has 0 saturated heterocycles. The largest absolute Gasteiger partial charge is 0.462 e. The van der Waals surface area contributed by atoms with Gasteiger partial charge in [-0.3, -0.25) is 9.59 Å². The van der Waals surface area contributed by atoms with Crippen molar-refractivity contribution in [3.05, 3.63) is 29.8 Å². The highest BCUT2D eigenvalue weighted by Gasteiger charge is 2.28. The van der Waals surface area contributed by atoms with Gasteiger partial charge < -0.3 is 15.4 Å². The van der Waals surface area contributed by atoms with Crippen molar-refractivity contribution in [3.8, 4) is 0 Å². The number of benzene rings is 1. The minimum absolute atomic E-state index is 0.00229. The maximum atomic E-state index is 12.8. The van der Waals surface area contributed by atoms with Crippen LogP contribution in [0.3, 0.4) is 0 Å². The van der Waals surface area contributed by atoms with Gasteiger partial charge in [0.1, 0.15) is 6.04 Å². The normalized spacial score (nSPS) is 20.0. The van der Waals surface area contributed by atoms with Gasteiger partial charge in [-0.25, -0.2) is 4.79 Å². The minimum Gasteiger partial charge on any atom is -0.462 e. The van der Waals surface area contributed by atoms with Crippen LogP contribution in [-0.4, -0.2) is 30.4 Å². The number of carbonyl (C=O) groups is 3. The number of esters is 1. The van der Waals surface area contributed by atoms with Gasteiger partial charge in [0.25, 0.3) is 0 Å². The third-order valence-corrected chi connectivity index (χ3v) is 5.39. The summed E-state index contributed by atoms with van der Waals surface area (Å²) in [5.74, 6) is 0.292. The van der Waals surface area contributed by atoms with Gasteiger partial charge in [0.15, 0.2) is 0 Å². The van der Waals surface area contributed by atoms with Crippen molar-refractivity contribution in [1.82, 2.24) is 5.32 Å². The molecule has 2 rings (SSSR count). The number of anilines is 1. The van der Waals surface area contributed by atoms with Gasteiger partial charge in [-0.2, -0.15) is 0 Å². The SMILES string of the molecule is CCOC(=O)c1ccc(NC(=O)[C@@H](CC(C)C)NC(=O)C2CCC(C)CC2)cc1. The van der Waals surface area contributed by atoms with E-state index in [1.165, 1.54) is 0 Å². The Morgan fingerprint density at radius 2 is 1.69 bits per heavy atom. The van der Waals surface area contributed by atoms with Crippen LogP contribution in [0.15, 0.2) is 24.3 Å². The molecule has 1 atom stereocenters. The first kappa shape index (κ1) is 22.9. The molecule has 1 aromatic carbocycles. The Bertz CT molecular complexity index is 691. The van der Waals surface area contributed by atoms with E-state index in [1.54, 1.807) is 31.2 Å². The lowest BCUT2D eigenvalue weighted by molar-refractivity contribution is -0.130. The first-order valence-electron chi connectivity index (χ1n) is 10.7. The average molecular weight is 403 g/mol. The van der Waals surface area contributed by atoms with Crippen molar-refractivity contribution in [3.63, 3.8) is 0 Å². The second kappa shape index (κ2) is 11.0. The van der Waals surface area contributed by atoms with Gasteiger partial charge >= 0.3 is 5.97 Å². The maximum absolute atomic E-state index is 12.8. The highest BCUT2D eigenvalue weighted by Crippen LogP contribution is 2.28. The molecule has 1 fully saturated rings. The number of nitrogens with one attached hydrogen (secondary N) is 2. The smallest absolute Gasteiger partial charge is 0.338 e. The molecule has 1 aliphatic rings. The number of carbonyl (C=O) groups excluding carboxylic acids is 3. The molecule has 29 heavy (non-hydrogen) atoms. The molecule has 1 saturated carbocycles. The second-order valence-electron chi connectivity index (χ2n) is 8.43. The molecule has 0 unspecified atom stereocenters. The molecule has 1 aromatic rings.